The number of guanidine groups is 1. The smallest absolute Gasteiger partial charge is 0.193 e. The fourth-order valence-electron chi connectivity index (χ4n) is 4.88. The van der Waals surface area contributed by atoms with Gasteiger partial charge in [-0.1, -0.05) is 25.7 Å². The molecule has 3 aliphatic rings. The van der Waals surface area contributed by atoms with E-state index >= 15 is 0 Å². The highest BCUT2D eigenvalue weighted by molar-refractivity contribution is 5.80. The summed E-state index contributed by atoms with van der Waals surface area (Å²) >= 11 is 0. The summed E-state index contributed by atoms with van der Waals surface area (Å²) in [5.74, 6) is 1.14. The van der Waals surface area contributed by atoms with Crippen molar-refractivity contribution < 1.29 is 4.74 Å². The van der Waals surface area contributed by atoms with Crippen molar-refractivity contribution in [2.24, 2.45) is 15.8 Å². The zero-order valence-corrected chi connectivity index (χ0v) is 15.9. The first kappa shape index (κ1) is 18.0. The molecule has 0 unspecified atom stereocenters. The number of nitrogens with zero attached hydrogens (tertiary/aromatic N) is 2. The fourth-order valence-corrected chi connectivity index (χ4v) is 4.88. The van der Waals surface area contributed by atoms with Crippen LogP contribution in [0.15, 0.2) is 4.99 Å². The van der Waals surface area contributed by atoms with Crippen LogP contribution in [0.2, 0.25) is 0 Å². The number of nitrogens with one attached hydrogen (secondary N) is 1. The van der Waals surface area contributed by atoms with E-state index in [1.807, 2.05) is 14.2 Å². The van der Waals surface area contributed by atoms with Crippen molar-refractivity contribution in [3.05, 3.63) is 0 Å². The molecule has 1 spiro atoms. The fraction of sp³-hybridized carbons (Fsp3) is 0.950. The van der Waals surface area contributed by atoms with Crippen molar-refractivity contribution >= 4 is 5.96 Å². The van der Waals surface area contributed by atoms with Crippen LogP contribution in [0.3, 0.4) is 0 Å². The molecule has 0 radical (unpaired) electrons. The van der Waals surface area contributed by atoms with Crippen LogP contribution in [-0.2, 0) is 4.74 Å². The molecule has 4 heteroatoms. The van der Waals surface area contributed by atoms with Crippen molar-refractivity contribution in [1.29, 1.82) is 0 Å². The molecule has 24 heavy (non-hydrogen) atoms. The molecule has 3 rings (SSSR count). The van der Waals surface area contributed by atoms with Crippen LogP contribution in [0.5, 0.6) is 0 Å². The van der Waals surface area contributed by atoms with Gasteiger partial charge in [-0.2, -0.15) is 0 Å². The minimum absolute atomic E-state index is 0.474. The first-order valence-electron chi connectivity index (χ1n) is 10.2. The molecule has 2 aliphatic carbocycles. The van der Waals surface area contributed by atoms with Crippen LogP contribution in [0.4, 0.5) is 0 Å². The second-order valence-corrected chi connectivity index (χ2v) is 8.58. The third-order valence-corrected chi connectivity index (χ3v) is 6.75. The number of ether oxygens (including phenoxy) is 1. The highest BCUT2D eigenvalue weighted by Crippen LogP contribution is 2.48. The maximum atomic E-state index is 5.29. The number of methoxy groups -OCH3 is 1. The molecule has 0 aromatic carbocycles. The van der Waals surface area contributed by atoms with Gasteiger partial charge in [-0.3, -0.25) is 4.99 Å². The van der Waals surface area contributed by atoms with Crippen molar-refractivity contribution in [1.82, 2.24) is 10.2 Å². The van der Waals surface area contributed by atoms with E-state index in [1.165, 1.54) is 83.7 Å². The molecule has 4 nitrogen and oxygen atoms in total. The van der Waals surface area contributed by atoms with E-state index in [1.54, 1.807) is 0 Å². The van der Waals surface area contributed by atoms with Crippen LogP contribution in [-0.4, -0.2) is 51.3 Å². The molecule has 0 amide bonds. The Labute approximate surface area is 148 Å². The predicted molar refractivity (Wildman–Crippen MR) is 100 cm³/mol. The molecule has 0 aromatic heterocycles. The lowest BCUT2D eigenvalue weighted by Gasteiger charge is -2.44. The van der Waals surface area contributed by atoms with Gasteiger partial charge in [0.15, 0.2) is 5.96 Å². The van der Waals surface area contributed by atoms with Crippen molar-refractivity contribution in [2.75, 3.05) is 40.4 Å². The summed E-state index contributed by atoms with van der Waals surface area (Å²) in [5.41, 5.74) is 1.04. The topological polar surface area (TPSA) is 36.9 Å². The maximum absolute atomic E-state index is 5.29. The van der Waals surface area contributed by atoms with Gasteiger partial charge in [0, 0.05) is 40.4 Å². The van der Waals surface area contributed by atoms with Gasteiger partial charge in [0.05, 0.1) is 0 Å². The third-order valence-electron chi connectivity index (χ3n) is 6.75. The number of likely N-dealkylation sites (tertiary alicyclic amines) is 1. The standard InChI is InChI=1S/C20H37N3O/c1-21-18(22-16-19(11-12-19)13-15-24-2)23-14-7-10-20(17-23)8-5-3-4-6-9-20/h3-17H2,1-2H3,(H,21,22). The summed E-state index contributed by atoms with van der Waals surface area (Å²) in [6.07, 6.45) is 15.2. The Morgan fingerprint density at radius 2 is 1.75 bits per heavy atom. The molecular weight excluding hydrogens is 298 g/mol. The van der Waals surface area contributed by atoms with E-state index in [0.29, 0.717) is 10.8 Å². The van der Waals surface area contributed by atoms with E-state index in [2.05, 4.69) is 15.2 Å². The van der Waals surface area contributed by atoms with Crippen molar-refractivity contribution in [3.8, 4) is 0 Å². The molecular formula is C20H37N3O. The number of piperidine rings is 1. The maximum Gasteiger partial charge on any atom is 0.193 e. The summed E-state index contributed by atoms with van der Waals surface area (Å²) < 4.78 is 5.29. The van der Waals surface area contributed by atoms with E-state index in [4.69, 9.17) is 4.74 Å². The highest BCUT2D eigenvalue weighted by atomic mass is 16.5. The monoisotopic (exact) mass is 335 g/mol. The van der Waals surface area contributed by atoms with E-state index in [9.17, 15) is 0 Å². The van der Waals surface area contributed by atoms with E-state index < -0.39 is 0 Å². The van der Waals surface area contributed by atoms with Crippen LogP contribution in [0.1, 0.15) is 70.6 Å². The molecule has 1 heterocycles. The lowest BCUT2D eigenvalue weighted by molar-refractivity contribution is 0.115. The zero-order chi connectivity index (χ0) is 16.9. The average Bonchev–Trinajstić information content (AvgIpc) is 3.40. The summed E-state index contributed by atoms with van der Waals surface area (Å²) in [6, 6.07) is 0. The molecule has 2 saturated carbocycles. The Morgan fingerprint density at radius 3 is 2.38 bits per heavy atom. The largest absolute Gasteiger partial charge is 0.385 e. The summed E-state index contributed by atoms with van der Waals surface area (Å²) in [6.45, 7) is 4.34. The summed E-state index contributed by atoms with van der Waals surface area (Å²) in [4.78, 5) is 7.18. The molecule has 1 N–H and O–H groups in total. The molecule has 0 atom stereocenters. The predicted octanol–water partition coefficient (Wildman–Crippen LogP) is 3.81. The molecule has 3 fully saturated rings. The minimum atomic E-state index is 0.474. The molecule has 0 bridgehead atoms. The van der Waals surface area contributed by atoms with Crippen LogP contribution in [0, 0.1) is 10.8 Å². The van der Waals surface area contributed by atoms with E-state index in [-0.39, 0.29) is 0 Å². The minimum Gasteiger partial charge on any atom is -0.385 e. The second kappa shape index (κ2) is 8.07. The Kier molecular flexibility index (Phi) is 6.07. The molecule has 1 aliphatic heterocycles. The number of hydrogen-bond acceptors (Lipinski definition) is 2. The molecule has 138 valence electrons. The normalized spacial score (nSPS) is 26.2. The second-order valence-electron chi connectivity index (χ2n) is 8.58. The average molecular weight is 336 g/mol. The van der Waals surface area contributed by atoms with Gasteiger partial charge < -0.3 is 15.0 Å². The molecule has 1 saturated heterocycles. The van der Waals surface area contributed by atoms with Crippen molar-refractivity contribution in [2.45, 2.75) is 70.6 Å². The van der Waals surface area contributed by atoms with Gasteiger partial charge in [-0.15, -0.1) is 0 Å². The van der Waals surface area contributed by atoms with Gasteiger partial charge >= 0.3 is 0 Å². The SMILES string of the molecule is CN=C(NCC1(CCOC)CC1)N1CCCC2(CCCCCC2)C1. The quantitative estimate of drug-likeness (QED) is 0.613. The Hall–Kier alpha value is -0.770. The molecule has 0 aromatic rings. The van der Waals surface area contributed by atoms with Gasteiger partial charge in [-0.25, -0.2) is 0 Å². The van der Waals surface area contributed by atoms with Gasteiger partial charge in [0.2, 0.25) is 0 Å². The Balaban J connectivity index is 1.55. The lowest BCUT2D eigenvalue weighted by Crippen LogP contribution is -2.51. The highest BCUT2D eigenvalue weighted by Gasteiger charge is 2.42. The van der Waals surface area contributed by atoms with Gasteiger partial charge in [0.1, 0.15) is 0 Å². The van der Waals surface area contributed by atoms with Gasteiger partial charge in [-0.05, 0) is 55.8 Å². The number of rotatable bonds is 5. The number of aliphatic imine (C=N–C) groups is 1. The third kappa shape index (κ3) is 4.44. The van der Waals surface area contributed by atoms with Crippen LogP contribution < -0.4 is 5.32 Å². The van der Waals surface area contributed by atoms with Gasteiger partial charge in [0.25, 0.3) is 0 Å². The first-order valence-corrected chi connectivity index (χ1v) is 10.2. The van der Waals surface area contributed by atoms with E-state index in [0.717, 1.165) is 19.1 Å². The first-order chi connectivity index (χ1) is 11.7. The Morgan fingerprint density at radius 1 is 1.04 bits per heavy atom. The van der Waals surface area contributed by atoms with Crippen molar-refractivity contribution in [3.63, 3.8) is 0 Å². The summed E-state index contributed by atoms with van der Waals surface area (Å²) in [5, 5.41) is 3.71. The Bertz CT molecular complexity index is 423. The zero-order valence-electron chi connectivity index (χ0n) is 15.9. The van der Waals surface area contributed by atoms with Crippen LogP contribution in [0.25, 0.3) is 0 Å². The lowest BCUT2D eigenvalue weighted by atomic mass is 9.74. The summed E-state index contributed by atoms with van der Waals surface area (Å²) in [7, 11) is 3.76. The van der Waals surface area contributed by atoms with Crippen LogP contribution >= 0.6 is 0 Å². The number of hydrogen-bond donors (Lipinski definition) is 1.